The Morgan fingerprint density at radius 1 is 0.944 bits per heavy atom. The Bertz CT molecular complexity index is 611. The Balaban J connectivity index is 2.38. The van der Waals surface area contributed by atoms with Gasteiger partial charge in [0, 0.05) is 5.56 Å². The maximum absolute atomic E-state index is 6.07. The van der Waals surface area contributed by atoms with Crippen LogP contribution in [0.15, 0.2) is 24.3 Å². The molecule has 0 aliphatic rings. The molecule has 0 radical (unpaired) electrons. The fourth-order valence-corrected chi connectivity index (χ4v) is 1.89. The van der Waals surface area contributed by atoms with Gasteiger partial charge < -0.3 is 0 Å². The number of hydrogen-bond acceptors (Lipinski definition) is 2. The summed E-state index contributed by atoms with van der Waals surface area (Å²) in [7, 11) is 0. The summed E-state index contributed by atoms with van der Waals surface area (Å²) in [5, 5.41) is 0.416. The smallest absolute Gasteiger partial charge is 0.148 e. The van der Waals surface area contributed by atoms with Crippen molar-refractivity contribution in [3.05, 3.63) is 57.6 Å². The summed E-state index contributed by atoms with van der Waals surface area (Å²) in [6.07, 6.45) is 0. The van der Waals surface area contributed by atoms with Crippen molar-refractivity contribution in [3.63, 3.8) is 0 Å². The summed E-state index contributed by atoms with van der Waals surface area (Å²) in [6, 6.07) is 8.04. The summed E-state index contributed by atoms with van der Waals surface area (Å²) >= 11 is 6.07. The van der Waals surface area contributed by atoms with Crippen molar-refractivity contribution in [1.29, 1.82) is 0 Å². The predicted octanol–water partition coefficient (Wildman–Crippen LogP) is 3.46. The maximum atomic E-state index is 6.07. The third-order valence-corrected chi connectivity index (χ3v) is 2.81. The maximum Gasteiger partial charge on any atom is 0.148 e. The highest BCUT2D eigenvalue weighted by atomic mass is 35.5. The van der Waals surface area contributed by atoms with E-state index in [1.165, 1.54) is 5.56 Å². The Morgan fingerprint density at radius 2 is 1.61 bits per heavy atom. The van der Waals surface area contributed by atoms with Crippen molar-refractivity contribution < 1.29 is 0 Å². The third-order valence-electron chi connectivity index (χ3n) is 2.54. The number of hydrogen-bond donors (Lipinski definition) is 0. The highest BCUT2D eigenvalue weighted by Crippen LogP contribution is 2.15. The molecule has 1 aromatic heterocycles. The predicted molar refractivity (Wildman–Crippen MR) is 73.7 cm³/mol. The third kappa shape index (κ3) is 2.88. The molecule has 90 valence electrons. The minimum Gasteiger partial charge on any atom is -0.237 e. The van der Waals surface area contributed by atoms with Crippen molar-refractivity contribution in [3.8, 4) is 11.8 Å². The monoisotopic (exact) mass is 256 g/mol. The second-order valence-corrected chi connectivity index (χ2v) is 4.50. The van der Waals surface area contributed by atoms with Crippen molar-refractivity contribution in [1.82, 2.24) is 9.97 Å². The Kier molecular flexibility index (Phi) is 3.64. The van der Waals surface area contributed by atoms with Crippen molar-refractivity contribution >= 4 is 11.6 Å². The number of nitrogens with zero attached hydrogens (tertiary/aromatic N) is 2. The summed E-state index contributed by atoms with van der Waals surface area (Å²) in [6.45, 7) is 5.75. The number of benzene rings is 1. The molecular formula is C15H13ClN2. The van der Waals surface area contributed by atoms with Crippen LogP contribution in [0.2, 0.25) is 5.15 Å². The van der Waals surface area contributed by atoms with Crippen LogP contribution in [0.4, 0.5) is 0 Å². The molecule has 0 saturated carbocycles. The highest BCUT2D eigenvalue weighted by Gasteiger charge is 2.05. The molecule has 0 atom stereocenters. The molecule has 0 saturated heterocycles. The zero-order chi connectivity index (χ0) is 13.1. The van der Waals surface area contributed by atoms with Crippen LogP contribution in [0.25, 0.3) is 0 Å². The zero-order valence-electron chi connectivity index (χ0n) is 10.6. The molecule has 0 N–H and O–H groups in total. The molecule has 1 aromatic carbocycles. The second-order valence-electron chi connectivity index (χ2n) is 4.14. The Labute approximate surface area is 112 Å². The second kappa shape index (κ2) is 5.20. The quantitative estimate of drug-likeness (QED) is 0.533. The lowest BCUT2D eigenvalue weighted by molar-refractivity contribution is 1.00. The highest BCUT2D eigenvalue weighted by molar-refractivity contribution is 6.30. The first kappa shape index (κ1) is 12.6. The lowest BCUT2D eigenvalue weighted by atomic mass is 10.1. The fourth-order valence-electron chi connectivity index (χ4n) is 1.58. The first-order valence-electron chi connectivity index (χ1n) is 5.65. The molecule has 2 aromatic rings. The lowest BCUT2D eigenvalue weighted by Crippen LogP contribution is -1.96. The van der Waals surface area contributed by atoms with E-state index in [2.05, 4.69) is 21.8 Å². The molecule has 0 unspecified atom stereocenters. The molecule has 0 amide bonds. The topological polar surface area (TPSA) is 25.8 Å². The number of aryl methyl sites for hydroxylation is 3. The van der Waals surface area contributed by atoms with Crippen molar-refractivity contribution in [2.45, 2.75) is 20.8 Å². The van der Waals surface area contributed by atoms with E-state index in [4.69, 9.17) is 11.6 Å². The Hall–Kier alpha value is -1.85. The van der Waals surface area contributed by atoms with E-state index >= 15 is 0 Å². The number of halogens is 1. The fraction of sp³-hybridized carbons (Fsp3) is 0.200. The van der Waals surface area contributed by atoms with E-state index in [0.29, 0.717) is 16.5 Å². The van der Waals surface area contributed by atoms with Gasteiger partial charge in [-0.2, -0.15) is 0 Å². The normalized spacial score (nSPS) is 9.78. The number of rotatable bonds is 0. The van der Waals surface area contributed by atoms with Gasteiger partial charge in [0.25, 0.3) is 0 Å². The van der Waals surface area contributed by atoms with Gasteiger partial charge >= 0.3 is 0 Å². The molecular weight excluding hydrogens is 244 g/mol. The Morgan fingerprint density at radius 3 is 2.22 bits per heavy atom. The van der Waals surface area contributed by atoms with E-state index in [1.54, 1.807) is 0 Å². The molecule has 3 heteroatoms. The van der Waals surface area contributed by atoms with Gasteiger partial charge in [-0.15, -0.1) is 0 Å². The van der Waals surface area contributed by atoms with Gasteiger partial charge in [-0.25, -0.2) is 9.97 Å². The van der Waals surface area contributed by atoms with Gasteiger partial charge in [-0.3, -0.25) is 0 Å². The SMILES string of the molecule is Cc1ccc(C#Cc2c(C)nc(C)nc2Cl)cc1. The molecule has 2 nitrogen and oxygen atoms in total. The van der Waals surface area contributed by atoms with E-state index in [0.717, 1.165) is 11.3 Å². The molecule has 2 rings (SSSR count). The first-order valence-corrected chi connectivity index (χ1v) is 6.03. The van der Waals surface area contributed by atoms with E-state index in [-0.39, 0.29) is 0 Å². The van der Waals surface area contributed by atoms with Gasteiger partial charge in [-0.1, -0.05) is 41.1 Å². The summed E-state index contributed by atoms with van der Waals surface area (Å²) in [4.78, 5) is 8.38. The minimum atomic E-state index is 0.416. The molecule has 0 spiro atoms. The van der Waals surface area contributed by atoms with E-state index in [1.807, 2.05) is 45.0 Å². The molecule has 0 fully saturated rings. The number of aromatic nitrogens is 2. The summed E-state index contributed by atoms with van der Waals surface area (Å²) in [5.74, 6) is 6.78. The van der Waals surface area contributed by atoms with Crippen molar-refractivity contribution in [2.24, 2.45) is 0 Å². The van der Waals surface area contributed by atoms with Crippen LogP contribution >= 0.6 is 11.6 Å². The van der Waals surface area contributed by atoms with Crippen LogP contribution in [0.5, 0.6) is 0 Å². The van der Waals surface area contributed by atoms with Gasteiger partial charge in [0.2, 0.25) is 0 Å². The van der Waals surface area contributed by atoms with Gasteiger partial charge in [0.05, 0.1) is 11.3 Å². The lowest BCUT2D eigenvalue weighted by Gasteiger charge is -2.01. The largest absolute Gasteiger partial charge is 0.237 e. The van der Waals surface area contributed by atoms with Crippen LogP contribution in [0.1, 0.15) is 28.2 Å². The van der Waals surface area contributed by atoms with Crippen molar-refractivity contribution in [2.75, 3.05) is 0 Å². The summed E-state index contributed by atoms with van der Waals surface area (Å²) in [5.41, 5.74) is 3.68. The van der Waals surface area contributed by atoms with Crippen LogP contribution in [-0.4, -0.2) is 9.97 Å². The molecule has 18 heavy (non-hydrogen) atoms. The van der Waals surface area contributed by atoms with Crippen LogP contribution in [0.3, 0.4) is 0 Å². The van der Waals surface area contributed by atoms with E-state index < -0.39 is 0 Å². The molecule has 0 aliphatic heterocycles. The van der Waals surface area contributed by atoms with Crippen LogP contribution < -0.4 is 0 Å². The van der Waals surface area contributed by atoms with Gasteiger partial charge in [-0.05, 0) is 32.9 Å². The average Bonchev–Trinajstić information content (AvgIpc) is 2.30. The van der Waals surface area contributed by atoms with Gasteiger partial charge in [0.1, 0.15) is 11.0 Å². The first-order chi connectivity index (χ1) is 8.56. The van der Waals surface area contributed by atoms with Gasteiger partial charge in [0.15, 0.2) is 0 Å². The zero-order valence-corrected chi connectivity index (χ0v) is 11.3. The van der Waals surface area contributed by atoms with E-state index in [9.17, 15) is 0 Å². The molecule has 1 heterocycles. The minimum absolute atomic E-state index is 0.416. The van der Waals surface area contributed by atoms with Crippen LogP contribution in [-0.2, 0) is 0 Å². The summed E-state index contributed by atoms with van der Waals surface area (Å²) < 4.78 is 0. The standard InChI is InChI=1S/C15H13ClN2/c1-10-4-6-13(7-5-10)8-9-14-11(2)17-12(3)18-15(14)16/h4-7H,1-3H3. The molecule has 0 aliphatic carbocycles. The molecule has 0 bridgehead atoms. The average molecular weight is 257 g/mol. The van der Waals surface area contributed by atoms with Crippen LogP contribution in [0, 0.1) is 32.6 Å².